The Morgan fingerprint density at radius 1 is 0.379 bits per heavy atom. The van der Waals surface area contributed by atoms with E-state index in [0.717, 1.165) is 9.79 Å². The molecule has 0 saturated carbocycles. The van der Waals surface area contributed by atoms with Crippen LogP contribution in [-0.4, -0.2) is 40.9 Å². The normalized spacial score (nSPS) is 17.6. The summed E-state index contributed by atoms with van der Waals surface area (Å²) in [7, 11) is 0. The molecule has 12 heteroatoms. The highest BCUT2D eigenvalue weighted by Crippen LogP contribution is 2.55. The molecule has 300 valence electrons. The maximum Gasteiger partial charge on any atom is 0.137 e. The van der Waals surface area contributed by atoms with Crippen molar-refractivity contribution in [3.8, 4) is 46.0 Å². The number of halogens is 2. The Labute approximate surface area is 362 Å². The molecule has 8 nitrogen and oxygen atoms in total. The first-order valence-electron chi connectivity index (χ1n) is 18.6. The molecule has 6 aromatic carbocycles. The minimum Gasteiger partial charge on any atom is -0.507 e. The van der Waals surface area contributed by atoms with Gasteiger partial charge in [-0.25, -0.2) is 0 Å². The van der Waals surface area contributed by atoms with Gasteiger partial charge in [-0.3, -0.25) is 0 Å². The SMILES string of the molecule is CC1c2cc(c(O)c(Br)c2O)C(C)c2cc(c(O)c(CSc3ccccc3)c2O)C(C)c2cc(c(O)c(Br)c2O)C(C)c2cc1c(O)c(CSc1ccccc1)c2O. The van der Waals surface area contributed by atoms with E-state index in [-0.39, 0.29) is 77.6 Å². The summed E-state index contributed by atoms with van der Waals surface area (Å²) in [6.07, 6.45) is 0. The van der Waals surface area contributed by atoms with Crippen molar-refractivity contribution in [2.45, 2.75) is 72.7 Å². The van der Waals surface area contributed by atoms with Gasteiger partial charge >= 0.3 is 0 Å². The zero-order valence-electron chi connectivity index (χ0n) is 32.0. The van der Waals surface area contributed by atoms with E-state index in [0.29, 0.717) is 44.5 Å². The van der Waals surface area contributed by atoms with Gasteiger partial charge in [0.05, 0.1) is 0 Å². The van der Waals surface area contributed by atoms with E-state index in [9.17, 15) is 40.9 Å². The largest absolute Gasteiger partial charge is 0.507 e. The third kappa shape index (κ3) is 7.33. The monoisotopic (exact) mass is 944 g/mol. The first-order chi connectivity index (χ1) is 27.6. The molecule has 0 saturated heterocycles. The van der Waals surface area contributed by atoms with Gasteiger partial charge in [-0.15, -0.1) is 23.5 Å². The Balaban J connectivity index is 1.52. The van der Waals surface area contributed by atoms with Gasteiger partial charge in [-0.1, -0.05) is 64.1 Å². The van der Waals surface area contributed by atoms with Crippen LogP contribution in [0.25, 0.3) is 0 Å². The van der Waals surface area contributed by atoms with Crippen molar-refractivity contribution in [1.82, 2.24) is 0 Å². The molecule has 8 N–H and O–H groups in total. The van der Waals surface area contributed by atoms with Gasteiger partial charge in [-0.2, -0.15) is 0 Å². The molecular weight excluding hydrogens is 904 g/mol. The smallest absolute Gasteiger partial charge is 0.137 e. The highest BCUT2D eigenvalue weighted by molar-refractivity contribution is 9.11. The fourth-order valence-corrected chi connectivity index (χ4v) is 10.6. The summed E-state index contributed by atoms with van der Waals surface area (Å²) in [5, 5.41) is 94.5. The Kier molecular flexibility index (Phi) is 11.9. The lowest BCUT2D eigenvalue weighted by Gasteiger charge is -2.28. The van der Waals surface area contributed by atoms with Gasteiger partial charge in [0, 0.05) is 101 Å². The molecular formula is C46H42Br2O8S2. The van der Waals surface area contributed by atoms with Crippen molar-refractivity contribution in [3.05, 3.63) is 150 Å². The van der Waals surface area contributed by atoms with Gasteiger partial charge in [0.25, 0.3) is 0 Å². The fourth-order valence-electron chi connectivity index (χ4n) is 7.80. The lowest BCUT2D eigenvalue weighted by atomic mass is 9.79. The molecule has 0 aromatic heterocycles. The van der Waals surface area contributed by atoms with Gasteiger partial charge in [-0.05, 0) is 80.4 Å². The summed E-state index contributed by atoms with van der Waals surface area (Å²) in [5.74, 6) is -4.21. The number of hydrogen-bond donors (Lipinski definition) is 8. The second-order valence-electron chi connectivity index (χ2n) is 14.7. The minimum absolute atomic E-state index is 0.0212. The molecule has 0 aliphatic heterocycles. The number of aromatic hydroxyl groups is 8. The molecule has 0 heterocycles. The Morgan fingerprint density at radius 3 is 0.845 bits per heavy atom. The van der Waals surface area contributed by atoms with Crippen molar-refractivity contribution >= 4 is 55.4 Å². The van der Waals surface area contributed by atoms with Gasteiger partial charge in [0.1, 0.15) is 54.9 Å². The lowest BCUT2D eigenvalue weighted by Crippen LogP contribution is -2.09. The number of thioether (sulfide) groups is 2. The predicted octanol–water partition coefficient (Wildman–Crippen LogP) is 12.4. The molecule has 6 aromatic rings. The maximum absolute atomic E-state index is 12.0. The third-order valence-electron chi connectivity index (χ3n) is 11.4. The van der Waals surface area contributed by atoms with E-state index in [1.54, 1.807) is 52.0 Å². The molecule has 8 bridgehead atoms. The van der Waals surface area contributed by atoms with Crippen LogP contribution in [0.15, 0.2) is 104 Å². The summed E-state index contributed by atoms with van der Waals surface area (Å²) in [6, 6.07) is 25.7. The Morgan fingerprint density at radius 2 is 0.603 bits per heavy atom. The predicted molar refractivity (Wildman–Crippen MR) is 237 cm³/mol. The second kappa shape index (κ2) is 16.6. The van der Waals surface area contributed by atoms with Crippen LogP contribution in [0, 0.1) is 0 Å². The summed E-state index contributed by atoms with van der Waals surface area (Å²) in [5.41, 5.74) is 3.42. The van der Waals surface area contributed by atoms with Gasteiger partial charge < -0.3 is 40.9 Å². The molecule has 0 fully saturated rings. The third-order valence-corrected chi connectivity index (χ3v) is 15.0. The van der Waals surface area contributed by atoms with Gasteiger partial charge in [0.2, 0.25) is 0 Å². The molecule has 4 unspecified atom stereocenters. The summed E-state index contributed by atoms with van der Waals surface area (Å²) >= 11 is 9.66. The Bertz CT molecular complexity index is 2260. The molecule has 1 aliphatic rings. The van der Waals surface area contributed by atoms with E-state index in [2.05, 4.69) is 31.9 Å². The molecule has 4 atom stereocenters. The van der Waals surface area contributed by atoms with Crippen LogP contribution < -0.4 is 0 Å². The van der Waals surface area contributed by atoms with Crippen molar-refractivity contribution in [2.75, 3.05) is 0 Å². The van der Waals surface area contributed by atoms with E-state index in [1.165, 1.54) is 23.5 Å². The number of phenolic OH excluding ortho intramolecular Hbond substituents is 8. The average molecular weight is 947 g/mol. The number of fused-ring (bicyclic) bond motifs is 8. The zero-order chi connectivity index (χ0) is 41.7. The molecule has 0 amide bonds. The maximum atomic E-state index is 12.0. The van der Waals surface area contributed by atoms with Crippen molar-refractivity contribution in [1.29, 1.82) is 0 Å². The second-order valence-corrected chi connectivity index (χ2v) is 18.4. The zero-order valence-corrected chi connectivity index (χ0v) is 36.8. The highest BCUT2D eigenvalue weighted by atomic mass is 79.9. The van der Waals surface area contributed by atoms with Crippen molar-refractivity contribution < 1.29 is 40.9 Å². The van der Waals surface area contributed by atoms with Crippen LogP contribution in [0.5, 0.6) is 46.0 Å². The van der Waals surface area contributed by atoms with Crippen molar-refractivity contribution in [3.63, 3.8) is 0 Å². The molecule has 7 rings (SSSR count). The van der Waals surface area contributed by atoms with E-state index in [1.807, 2.05) is 60.7 Å². The van der Waals surface area contributed by atoms with E-state index >= 15 is 0 Å². The quantitative estimate of drug-likeness (QED) is 0.0755. The number of hydrogen-bond acceptors (Lipinski definition) is 10. The molecule has 58 heavy (non-hydrogen) atoms. The number of phenols is 8. The van der Waals surface area contributed by atoms with Gasteiger partial charge in [0.15, 0.2) is 0 Å². The highest BCUT2D eigenvalue weighted by Gasteiger charge is 2.33. The number of benzene rings is 6. The summed E-state index contributed by atoms with van der Waals surface area (Å²) < 4.78 is 0.0425. The van der Waals surface area contributed by atoms with E-state index < -0.39 is 23.7 Å². The van der Waals surface area contributed by atoms with Crippen LogP contribution in [0.3, 0.4) is 0 Å². The first kappa shape index (κ1) is 41.5. The van der Waals surface area contributed by atoms with Crippen LogP contribution in [0.1, 0.15) is 107 Å². The van der Waals surface area contributed by atoms with Crippen molar-refractivity contribution in [2.24, 2.45) is 0 Å². The van der Waals surface area contributed by atoms with Crippen LogP contribution in [-0.2, 0) is 11.5 Å². The van der Waals surface area contributed by atoms with Crippen LogP contribution in [0.4, 0.5) is 0 Å². The summed E-state index contributed by atoms with van der Waals surface area (Å²) in [6.45, 7) is 7.20. The molecule has 0 radical (unpaired) electrons. The number of rotatable bonds is 6. The van der Waals surface area contributed by atoms with Crippen LogP contribution >= 0.6 is 55.4 Å². The average Bonchev–Trinajstić information content (AvgIpc) is 3.22. The molecule has 0 spiro atoms. The standard InChI is InChI=1S/C46H42Br2O8S2/c1-21-27-15-28(40(50)35(39(27)49)19-57-25-11-7-5-8-12-25)22(2)33-18-34(46(56)38(48)45(33)55)24(4)30-16-29(23(3)32-17-31(21)43(53)37(47)44(32)54)41(51)36(42(30)52)20-58-26-13-9-6-10-14-26/h5-18,21-24,49-56H,19-20H2,1-4H3. The topological polar surface area (TPSA) is 162 Å². The lowest BCUT2D eigenvalue weighted by molar-refractivity contribution is 0.422. The minimum atomic E-state index is -0.722. The fraction of sp³-hybridized carbons (Fsp3) is 0.217. The van der Waals surface area contributed by atoms with E-state index in [4.69, 9.17) is 0 Å². The first-order valence-corrected chi connectivity index (χ1v) is 22.2. The summed E-state index contributed by atoms with van der Waals surface area (Å²) in [4.78, 5) is 1.83. The molecule has 1 aliphatic carbocycles. The van der Waals surface area contributed by atoms with Crippen LogP contribution in [0.2, 0.25) is 0 Å². The Hall–Kier alpha value is -4.62.